The number of likely N-dealkylation sites (tertiary alicyclic amines) is 1. The molecule has 0 unspecified atom stereocenters. The third-order valence-corrected chi connectivity index (χ3v) is 7.69. The molecule has 1 amide bonds. The number of carbonyl (C=O) groups excluding carboxylic acids is 1. The topological polar surface area (TPSA) is 83.3 Å². The van der Waals surface area contributed by atoms with Crippen LogP contribution in [-0.2, 0) is 11.3 Å². The SMILES string of the molecule is C[C@@H]1C[C@H]1C(=O)N1CCC(O)(Cn2nc(-c3cccnc3)c3cc(Nc4ccc(F)cc4)ccc32)CC1. The second-order valence-corrected chi connectivity index (χ2v) is 10.5. The van der Waals surface area contributed by atoms with Crippen LogP contribution < -0.4 is 5.32 Å². The fraction of sp³-hybridized carbons (Fsp3) is 0.345. The van der Waals surface area contributed by atoms with Gasteiger partial charge in [-0.3, -0.25) is 14.5 Å². The van der Waals surface area contributed by atoms with Crippen LogP contribution in [0, 0.1) is 17.7 Å². The number of fused-ring (bicyclic) bond motifs is 1. The molecular formula is C29H30FN5O2. The maximum Gasteiger partial charge on any atom is 0.225 e. The van der Waals surface area contributed by atoms with Gasteiger partial charge in [-0.25, -0.2) is 4.39 Å². The number of benzene rings is 2. The highest BCUT2D eigenvalue weighted by molar-refractivity contribution is 5.95. The number of piperidine rings is 1. The van der Waals surface area contributed by atoms with Crippen LogP contribution in [0.1, 0.15) is 26.2 Å². The zero-order valence-electron chi connectivity index (χ0n) is 20.8. The van der Waals surface area contributed by atoms with E-state index in [9.17, 15) is 14.3 Å². The summed E-state index contributed by atoms with van der Waals surface area (Å²) >= 11 is 0. The lowest BCUT2D eigenvalue weighted by Crippen LogP contribution is -2.49. The Labute approximate surface area is 214 Å². The first-order valence-electron chi connectivity index (χ1n) is 12.8. The molecule has 2 atom stereocenters. The molecule has 7 nitrogen and oxygen atoms in total. The van der Waals surface area contributed by atoms with E-state index in [2.05, 4.69) is 17.2 Å². The Morgan fingerprint density at radius 2 is 1.86 bits per heavy atom. The van der Waals surface area contributed by atoms with Crippen molar-refractivity contribution in [1.82, 2.24) is 19.7 Å². The predicted molar refractivity (Wildman–Crippen MR) is 141 cm³/mol. The molecule has 2 fully saturated rings. The summed E-state index contributed by atoms with van der Waals surface area (Å²) in [7, 11) is 0. The number of amides is 1. The maximum absolute atomic E-state index is 13.3. The Bertz CT molecular complexity index is 1430. The molecule has 4 aromatic rings. The second kappa shape index (κ2) is 9.27. The number of anilines is 2. The summed E-state index contributed by atoms with van der Waals surface area (Å²) in [5, 5.41) is 20.7. The molecule has 2 aromatic carbocycles. The average Bonchev–Trinajstić information content (AvgIpc) is 3.54. The molecule has 2 aliphatic rings. The van der Waals surface area contributed by atoms with Crippen molar-refractivity contribution < 1.29 is 14.3 Å². The highest BCUT2D eigenvalue weighted by Crippen LogP contribution is 2.40. The minimum atomic E-state index is -0.942. The number of pyridine rings is 1. The average molecular weight is 500 g/mol. The third kappa shape index (κ3) is 4.81. The summed E-state index contributed by atoms with van der Waals surface area (Å²) in [6.07, 6.45) is 5.53. The summed E-state index contributed by atoms with van der Waals surface area (Å²) < 4.78 is 15.2. The molecule has 190 valence electrons. The number of halogens is 1. The summed E-state index contributed by atoms with van der Waals surface area (Å²) in [4.78, 5) is 18.8. The normalized spacial score (nSPS) is 20.7. The van der Waals surface area contributed by atoms with E-state index < -0.39 is 5.60 Å². The molecule has 0 bridgehead atoms. The van der Waals surface area contributed by atoms with Crippen molar-refractivity contribution in [2.24, 2.45) is 11.8 Å². The minimum absolute atomic E-state index is 0.168. The molecule has 0 radical (unpaired) electrons. The smallest absolute Gasteiger partial charge is 0.225 e. The highest BCUT2D eigenvalue weighted by atomic mass is 19.1. The molecule has 2 aromatic heterocycles. The quantitative estimate of drug-likeness (QED) is 0.391. The van der Waals surface area contributed by atoms with Gasteiger partial charge >= 0.3 is 0 Å². The van der Waals surface area contributed by atoms with E-state index in [0.29, 0.717) is 38.4 Å². The number of hydrogen-bond acceptors (Lipinski definition) is 5. The van der Waals surface area contributed by atoms with Crippen molar-refractivity contribution in [3.05, 3.63) is 72.8 Å². The molecule has 0 spiro atoms. The third-order valence-electron chi connectivity index (χ3n) is 7.69. The van der Waals surface area contributed by atoms with Crippen LogP contribution >= 0.6 is 0 Å². The Kier molecular flexibility index (Phi) is 5.91. The predicted octanol–water partition coefficient (Wildman–Crippen LogP) is 4.99. The lowest BCUT2D eigenvalue weighted by atomic mass is 9.91. The van der Waals surface area contributed by atoms with Crippen LogP contribution in [-0.4, -0.2) is 49.4 Å². The molecule has 3 heterocycles. The van der Waals surface area contributed by atoms with Gasteiger partial charge in [-0.05, 0) is 79.8 Å². The highest BCUT2D eigenvalue weighted by Gasteiger charge is 2.44. The molecule has 37 heavy (non-hydrogen) atoms. The van der Waals surface area contributed by atoms with Gasteiger partial charge in [-0.15, -0.1) is 0 Å². The van der Waals surface area contributed by atoms with E-state index in [1.165, 1.54) is 12.1 Å². The molecule has 2 N–H and O–H groups in total. The van der Waals surface area contributed by atoms with E-state index in [-0.39, 0.29) is 17.6 Å². The van der Waals surface area contributed by atoms with E-state index in [0.717, 1.165) is 40.0 Å². The molecule has 1 saturated carbocycles. The Hall–Kier alpha value is -3.78. The lowest BCUT2D eigenvalue weighted by molar-refractivity contribution is -0.137. The van der Waals surface area contributed by atoms with Gasteiger partial charge in [0.25, 0.3) is 0 Å². The van der Waals surface area contributed by atoms with Gasteiger partial charge in [0, 0.05) is 53.7 Å². The zero-order chi connectivity index (χ0) is 25.6. The standard InChI is InChI=1S/C29H30FN5O2/c1-19-15-24(19)28(36)34-13-10-29(37,11-14-34)18-35-26-9-8-23(32-22-6-4-21(30)5-7-22)16-25(26)27(33-35)20-3-2-12-31-17-20/h2-9,12,16-17,19,24,32,37H,10-11,13-15,18H2,1H3/t19-,24-/m1/s1. The lowest BCUT2D eigenvalue weighted by Gasteiger charge is -2.38. The number of hydrogen-bond donors (Lipinski definition) is 2. The fourth-order valence-corrected chi connectivity index (χ4v) is 5.27. The first-order valence-corrected chi connectivity index (χ1v) is 12.8. The summed E-state index contributed by atoms with van der Waals surface area (Å²) in [6.45, 7) is 3.60. The van der Waals surface area contributed by atoms with Gasteiger partial charge in [0.05, 0.1) is 17.7 Å². The van der Waals surface area contributed by atoms with E-state index in [1.807, 2.05) is 39.9 Å². The number of aliphatic hydroxyl groups is 1. The summed E-state index contributed by atoms with van der Waals surface area (Å²) in [5.74, 6) is 0.605. The van der Waals surface area contributed by atoms with Gasteiger partial charge < -0.3 is 15.3 Å². The van der Waals surface area contributed by atoms with Gasteiger partial charge in [-0.1, -0.05) is 6.92 Å². The maximum atomic E-state index is 13.3. The number of nitrogens with one attached hydrogen (secondary N) is 1. The Morgan fingerprint density at radius 3 is 2.54 bits per heavy atom. The molecule has 8 heteroatoms. The number of rotatable bonds is 6. The summed E-state index contributed by atoms with van der Waals surface area (Å²) in [5.41, 5.74) is 3.27. The van der Waals surface area contributed by atoms with E-state index in [1.54, 1.807) is 24.5 Å². The van der Waals surface area contributed by atoms with Gasteiger partial charge in [0.1, 0.15) is 11.5 Å². The van der Waals surface area contributed by atoms with E-state index >= 15 is 0 Å². The number of aromatic nitrogens is 3. The number of nitrogens with zero attached hydrogens (tertiary/aromatic N) is 4. The van der Waals surface area contributed by atoms with Gasteiger partial charge in [0.2, 0.25) is 5.91 Å². The van der Waals surface area contributed by atoms with Crippen LogP contribution in [0.25, 0.3) is 22.2 Å². The molecular weight excluding hydrogens is 469 g/mol. The van der Waals surface area contributed by atoms with Crippen molar-refractivity contribution in [2.75, 3.05) is 18.4 Å². The van der Waals surface area contributed by atoms with E-state index in [4.69, 9.17) is 5.10 Å². The molecule has 6 rings (SSSR count). The number of carbonyl (C=O) groups is 1. The molecule has 1 aliphatic carbocycles. The zero-order valence-corrected chi connectivity index (χ0v) is 20.8. The van der Waals surface area contributed by atoms with Crippen LogP contribution in [0.5, 0.6) is 0 Å². The Morgan fingerprint density at radius 1 is 1.14 bits per heavy atom. The van der Waals surface area contributed by atoms with Crippen LogP contribution in [0.3, 0.4) is 0 Å². The minimum Gasteiger partial charge on any atom is -0.388 e. The summed E-state index contributed by atoms with van der Waals surface area (Å²) in [6, 6.07) is 16.0. The van der Waals surface area contributed by atoms with Crippen LogP contribution in [0.2, 0.25) is 0 Å². The van der Waals surface area contributed by atoms with Crippen molar-refractivity contribution in [2.45, 2.75) is 38.3 Å². The van der Waals surface area contributed by atoms with Gasteiger partial charge in [0.15, 0.2) is 0 Å². The second-order valence-electron chi connectivity index (χ2n) is 10.5. The van der Waals surface area contributed by atoms with Gasteiger partial charge in [-0.2, -0.15) is 5.10 Å². The van der Waals surface area contributed by atoms with Crippen molar-refractivity contribution >= 4 is 28.2 Å². The molecule has 1 aliphatic heterocycles. The fourth-order valence-electron chi connectivity index (χ4n) is 5.27. The van der Waals surface area contributed by atoms with Crippen LogP contribution in [0.15, 0.2) is 67.0 Å². The molecule has 1 saturated heterocycles. The first kappa shape index (κ1) is 23.6. The van der Waals surface area contributed by atoms with Crippen molar-refractivity contribution in [1.29, 1.82) is 0 Å². The van der Waals surface area contributed by atoms with Crippen molar-refractivity contribution in [3.8, 4) is 11.3 Å². The monoisotopic (exact) mass is 499 g/mol. The largest absolute Gasteiger partial charge is 0.388 e. The van der Waals surface area contributed by atoms with Crippen LogP contribution in [0.4, 0.5) is 15.8 Å². The Balaban J connectivity index is 1.28. The van der Waals surface area contributed by atoms with Crippen molar-refractivity contribution in [3.63, 3.8) is 0 Å². The first-order chi connectivity index (χ1) is 17.9.